The number of nitrogens with two attached hydrogens (primary N) is 1. The highest BCUT2D eigenvalue weighted by atomic mass is 32.2. The number of piperidine rings is 1. The Hall–Kier alpha value is -0.220. The number of nitrogens with one attached hydrogen (secondary N) is 1. The van der Waals surface area contributed by atoms with E-state index in [-0.39, 0.29) is 0 Å². The van der Waals surface area contributed by atoms with Crippen molar-refractivity contribution in [3.05, 3.63) is 0 Å². The molecule has 0 radical (unpaired) electrons. The van der Waals surface area contributed by atoms with Crippen molar-refractivity contribution in [3.63, 3.8) is 0 Å². The van der Waals surface area contributed by atoms with Crippen molar-refractivity contribution in [2.24, 2.45) is 11.7 Å². The summed E-state index contributed by atoms with van der Waals surface area (Å²) >= 11 is 1.98. The molecule has 0 bridgehead atoms. The number of likely N-dealkylation sites (tertiary alicyclic amines) is 1. The molecule has 0 amide bonds. The third-order valence-electron chi connectivity index (χ3n) is 2.70. The summed E-state index contributed by atoms with van der Waals surface area (Å²) in [6.45, 7) is 5.54. The van der Waals surface area contributed by atoms with Gasteiger partial charge in [-0.2, -0.15) is 11.8 Å². The van der Waals surface area contributed by atoms with E-state index in [1.165, 1.54) is 24.5 Å². The van der Waals surface area contributed by atoms with Crippen LogP contribution in [0, 0.1) is 11.3 Å². The topological polar surface area (TPSA) is 53.1 Å². The number of nitrogens with zero attached hydrogens (tertiary/aromatic N) is 1. The SMILES string of the molecule is CCSCCN1CCCC(C(=N)N)C1. The quantitative estimate of drug-likeness (QED) is 0.414. The molecule has 1 aliphatic heterocycles. The van der Waals surface area contributed by atoms with Crippen LogP contribution in [-0.2, 0) is 0 Å². The minimum absolute atomic E-state index is 0.315. The van der Waals surface area contributed by atoms with Crippen LogP contribution in [0.15, 0.2) is 0 Å². The Kier molecular flexibility index (Phi) is 5.33. The summed E-state index contributed by atoms with van der Waals surface area (Å²) in [6.07, 6.45) is 2.30. The van der Waals surface area contributed by atoms with Gasteiger partial charge in [0.05, 0.1) is 5.84 Å². The lowest BCUT2D eigenvalue weighted by Crippen LogP contribution is -2.41. The number of thioether (sulfide) groups is 1. The molecule has 0 saturated carbocycles. The van der Waals surface area contributed by atoms with Gasteiger partial charge < -0.3 is 10.6 Å². The molecular weight excluding hydrogens is 194 g/mol. The van der Waals surface area contributed by atoms with Gasteiger partial charge >= 0.3 is 0 Å². The van der Waals surface area contributed by atoms with Gasteiger partial charge in [0.15, 0.2) is 0 Å². The maximum absolute atomic E-state index is 7.44. The second-order valence-electron chi connectivity index (χ2n) is 3.79. The third kappa shape index (κ3) is 3.88. The van der Waals surface area contributed by atoms with Gasteiger partial charge in [0.25, 0.3) is 0 Å². The Morgan fingerprint density at radius 3 is 3.07 bits per heavy atom. The first-order valence-corrected chi connectivity index (χ1v) is 6.53. The van der Waals surface area contributed by atoms with Crippen LogP contribution in [0.25, 0.3) is 0 Å². The molecule has 0 spiro atoms. The lowest BCUT2D eigenvalue weighted by molar-refractivity contribution is 0.215. The minimum atomic E-state index is 0.315. The van der Waals surface area contributed by atoms with E-state index in [0.717, 1.165) is 19.5 Å². The van der Waals surface area contributed by atoms with Crippen molar-refractivity contribution in [2.45, 2.75) is 19.8 Å². The smallest absolute Gasteiger partial charge is 0.0949 e. The summed E-state index contributed by atoms with van der Waals surface area (Å²) in [5.74, 6) is 3.10. The lowest BCUT2D eigenvalue weighted by Gasteiger charge is -2.31. The molecule has 1 atom stereocenters. The van der Waals surface area contributed by atoms with Gasteiger partial charge in [0.1, 0.15) is 0 Å². The fourth-order valence-electron chi connectivity index (χ4n) is 1.85. The van der Waals surface area contributed by atoms with Crippen molar-refractivity contribution in [1.82, 2.24) is 4.90 Å². The molecule has 1 fully saturated rings. The van der Waals surface area contributed by atoms with Crippen LogP contribution in [0.2, 0.25) is 0 Å². The summed E-state index contributed by atoms with van der Waals surface area (Å²) in [5.41, 5.74) is 5.54. The molecule has 3 nitrogen and oxygen atoms in total. The molecule has 4 heteroatoms. The fraction of sp³-hybridized carbons (Fsp3) is 0.900. The normalized spacial score (nSPS) is 23.6. The van der Waals surface area contributed by atoms with E-state index in [0.29, 0.717) is 11.8 Å². The van der Waals surface area contributed by atoms with Crippen LogP contribution >= 0.6 is 11.8 Å². The molecule has 0 aromatic rings. The van der Waals surface area contributed by atoms with Gasteiger partial charge in [-0.25, -0.2) is 0 Å². The largest absolute Gasteiger partial charge is 0.387 e. The summed E-state index contributed by atoms with van der Waals surface area (Å²) in [7, 11) is 0. The Labute approximate surface area is 90.9 Å². The Bertz CT molecular complexity index is 184. The fourth-order valence-corrected chi connectivity index (χ4v) is 2.53. The first-order chi connectivity index (χ1) is 6.74. The molecule has 0 aromatic carbocycles. The van der Waals surface area contributed by atoms with Crippen LogP contribution in [0.1, 0.15) is 19.8 Å². The van der Waals surface area contributed by atoms with Crippen LogP contribution < -0.4 is 5.73 Å². The van der Waals surface area contributed by atoms with E-state index in [4.69, 9.17) is 11.1 Å². The number of rotatable bonds is 5. The van der Waals surface area contributed by atoms with E-state index < -0.39 is 0 Å². The Morgan fingerprint density at radius 2 is 2.43 bits per heavy atom. The van der Waals surface area contributed by atoms with E-state index in [1.54, 1.807) is 0 Å². The Balaban J connectivity index is 2.22. The summed E-state index contributed by atoms with van der Waals surface area (Å²) in [6, 6.07) is 0. The average Bonchev–Trinajstić information content (AvgIpc) is 2.19. The molecule has 0 aliphatic carbocycles. The Morgan fingerprint density at radius 1 is 1.64 bits per heavy atom. The van der Waals surface area contributed by atoms with Crippen molar-refractivity contribution in [1.29, 1.82) is 5.41 Å². The number of amidine groups is 1. The molecule has 1 aliphatic rings. The predicted molar refractivity (Wildman–Crippen MR) is 64.1 cm³/mol. The van der Waals surface area contributed by atoms with Gasteiger partial charge in [-0.3, -0.25) is 5.41 Å². The van der Waals surface area contributed by atoms with E-state index >= 15 is 0 Å². The van der Waals surface area contributed by atoms with Crippen LogP contribution in [0.5, 0.6) is 0 Å². The highest BCUT2D eigenvalue weighted by molar-refractivity contribution is 7.99. The molecular formula is C10H21N3S. The van der Waals surface area contributed by atoms with Gasteiger partial charge in [-0.15, -0.1) is 0 Å². The molecule has 1 heterocycles. The van der Waals surface area contributed by atoms with Crippen molar-refractivity contribution < 1.29 is 0 Å². The zero-order chi connectivity index (χ0) is 10.4. The van der Waals surface area contributed by atoms with Gasteiger partial charge in [0, 0.05) is 24.8 Å². The molecule has 1 unspecified atom stereocenters. The van der Waals surface area contributed by atoms with Gasteiger partial charge in [0.2, 0.25) is 0 Å². The number of hydrogen-bond donors (Lipinski definition) is 2. The van der Waals surface area contributed by atoms with Crippen molar-refractivity contribution in [2.75, 3.05) is 31.1 Å². The third-order valence-corrected chi connectivity index (χ3v) is 3.58. The lowest BCUT2D eigenvalue weighted by atomic mass is 9.97. The first-order valence-electron chi connectivity index (χ1n) is 5.38. The maximum atomic E-state index is 7.44. The molecule has 82 valence electrons. The first kappa shape index (κ1) is 11.9. The van der Waals surface area contributed by atoms with Crippen molar-refractivity contribution >= 4 is 17.6 Å². The standard InChI is InChI=1S/C10H21N3S/c1-2-14-7-6-13-5-3-4-9(8-13)10(11)12/h9H,2-8H2,1H3,(H3,11,12). The average molecular weight is 215 g/mol. The van der Waals surface area contributed by atoms with Gasteiger partial charge in [-0.1, -0.05) is 6.92 Å². The molecule has 1 rings (SSSR count). The molecule has 3 N–H and O–H groups in total. The zero-order valence-corrected chi connectivity index (χ0v) is 9.78. The van der Waals surface area contributed by atoms with E-state index in [2.05, 4.69) is 11.8 Å². The molecule has 1 saturated heterocycles. The summed E-state index contributed by atoms with van der Waals surface area (Å²) in [4.78, 5) is 2.44. The van der Waals surface area contributed by atoms with Crippen LogP contribution in [0.3, 0.4) is 0 Å². The van der Waals surface area contributed by atoms with Crippen LogP contribution in [-0.4, -0.2) is 41.9 Å². The summed E-state index contributed by atoms with van der Waals surface area (Å²) < 4.78 is 0. The van der Waals surface area contributed by atoms with Gasteiger partial charge in [-0.05, 0) is 25.1 Å². The highest BCUT2D eigenvalue weighted by Gasteiger charge is 2.21. The minimum Gasteiger partial charge on any atom is -0.387 e. The van der Waals surface area contributed by atoms with E-state index in [9.17, 15) is 0 Å². The second-order valence-corrected chi connectivity index (χ2v) is 5.19. The predicted octanol–water partition coefficient (Wildman–Crippen LogP) is 1.39. The van der Waals surface area contributed by atoms with Crippen LogP contribution in [0.4, 0.5) is 0 Å². The maximum Gasteiger partial charge on any atom is 0.0949 e. The highest BCUT2D eigenvalue weighted by Crippen LogP contribution is 2.16. The molecule has 0 aromatic heterocycles. The summed E-state index contributed by atoms with van der Waals surface area (Å²) in [5, 5.41) is 7.44. The number of hydrogen-bond acceptors (Lipinski definition) is 3. The monoisotopic (exact) mass is 215 g/mol. The molecule has 14 heavy (non-hydrogen) atoms. The second kappa shape index (κ2) is 6.30. The zero-order valence-electron chi connectivity index (χ0n) is 8.96. The van der Waals surface area contributed by atoms with E-state index in [1.807, 2.05) is 11.8 Å². The van der Waals surface area contributed by atoms with Crippen molar-refractivity contribution in [3.8, 4) is 0 Å².